The lowest BCUT2D eigenvalue weighted by Crippen LogP contribution is -2.25. The van der Waals surface area contributed by atoms with Crippen molar-refractivity contribution in [2.24, 2.45) is 0 Å². The molecular weight excluding hydrogens is 231 g/mol. The lowest BCUT2D eigenvalue weighted by atomic mass is 10.1. The highest BCUT2D eigenvalue weighted by molar-refractivity contribution is 5.22. The van der Waals surface area contributed by atoms with Gasteiger partial charge in [-0.05, 0) is 12.1 Å². The average molecular weight is 256 g/mol. The molecule has 104 valence electrons. The Kier molecular flexibility index (Phi) is 10.4. The van der Waals surface area contributed by atoms with Crippen molar-refractivity contribution in [1.29, 1.82) is 0 Å². The molecule has 1 aromatic carbocycles. The third kappa shape index (κ3) is 6.60. The summed E-state index contributed by atoms with van der Waals surface area (Å²) in [4.78, 5) is 0. The number of benzene rings is 1. The van der Waals surface area contributed by atoms with Crippen LogP contribution in [0.4, 0.5) is 4.39 Å². The van der Waals surface area contributed by atoms with Crippen LogP contribution in [0, 0.1) is 5.82 Å². The fourth-order valence-corrected chi connectivity index (χ4v) is 1.53. The molecule has 0 radical (unpaired) electrons. The predicted molar refractivity (Wildman–Crippen MR) is 73.6 cm³/mol. The third-order valence-electron chi connectivity index (χ3n) is 2.27. The van der Waals surface area contributed by atoms with E-state index in [1.165, 1.54) is 12.1 Å². The average Bonchev–Trinajstić information content (AvgIpc) is 2.44. The first kappa shape index (κ1) is 16.9. The van der Waals surface area contributed by atoms with Gasteiger partial charge in [-0.3, -0.25) is 0 Å². The van der Waals surface area contributed by atoms with Gasteiger partial charge in [0.2, 0.25) is 0 Å². The number of hydrogen-bond acceptors (Lipinski definition) is 2. The predicted octanol–water partition coefficient (Wildman–Crippen LogP) is 4.44. The van der Waals surface area contributed by atoms with Crippen LogP contribution in [0.15, 0.2) is 24.3 Å². The van der Waals surface area contributed by atoms with E-state index in [0.29, 0.717) is 5.75 Å². The molecule has 0 amide bonds. The van der Waals surface area contributed by atoms with Gasteiger partial charge in [-0.1, -0.05) is 33.8 Å². The van der Waals surface area contributed by atoms with Gasteiger partial charge in [-0.2, -0.15) is 0 Å². The molecule has 0 N–H and O–H groups in total. The van der Waals surface area contributed by atoms with E-state index in [4.69, 9.17) is 9.47 Å². The standard InChI is InChI=1S/C11H13FO2.2C2H6/c12-9-2-1-3-11(8-9)14-10-4-6-13-7-5-10;2*1-2/h1-3,8,10H,4-7H2;2*1-2H3. The SMILES string of the molecule is CC.CC.Fc1cccc(OC2CCOCC2)c1. The Hall–Kier alpha value is -1.09. The van der Waals surface area contributed by atoms with Gasteiger partial charge in [0.25, 0.3) is 0 Å². The Morgan fingerprint density at radius 3 is 2.28 bits per heavy atom. The molecule has 18 heavy (non-hydrogen) atoms. The minimum atomic E-state index is -0.255. The van der Waals surface area contributed by atoms with Gasteiger partial charge in [-0.15, -0.1) is 0 Å². The summed E-state index contributed by atoms with van der Waals surface area (Å²) in [6, 6.07) is 6.26. The van der Waals surface area contributed by atoms with Crippen molar-refractivity contribution < 1.29 is 13.9 Å². The smallest absolute Gasteiger partial charge is 0.126 e. The summed E-state index contributed by atoms with van der Waals surface area (Å²) in [6.45, 7) is 9.47. The molecule has 0 atom stereocenters. The van der Waals surface area contributed by atoms with E-state index in [9.17, 15) is 4.39 Å². The minimum absolute atomic E-state index is 0.172. The molecule has 3 heteroatoms. The zero-order chi connectivity index (χ0) is 13.8. The van der Waals surface area contributed by atoms with Crippen molar-refractivity contribution in [3.05, 3.63) is 30.1 Å². The van der Waals surface area contributed by atoms with Gasteiger partial charge < -0.3 is 9.47 Å². The number of rotatable bonds is 2. The van der Waals surface area contributed by atoms with E-state index >= 15 is 0 Å². The molecule has 0 saturated carbocycles. The summed E-state index contributed by atoms with van der Waals surface area (Å²) in [5.74, 6) is 0.353. The maximum atomic E-state index is 12.8. The second kappa shape index (κ2) is 11.0. The summed E-state index contributed by atoms with van der Waals surface area (Å²) in [5, 5.41) is 0. The highest BCUT2D eigenvalue weighted by Gasteiger charge is 2.15. The van der Waals surface area contributed by atoms with Gasteiger partial charge in [0, 0.05) is 18.9 Å². The normalized spacial score (nSPS) is 14.7. The molecule has 0 unspecified atom stereocenters. The van der Waals surface area contributed by atoms with Gasteiger partial charge in [-0.25, -0.2) is 4.39 Å². The molecule has 0 bridgehead atoms. The summed E-state index contributed by atoms with van der Waals surface area (Å²) in [6.07, 6.45) is 1.94. The molecule has 1 aliphatic rings. The lowest BCUT2D eigenvalue weighted by Gasteiger charge is -2.23. The lowest BCUT2D eigenvalue weighted by molar-refractivity contribution is 0.0254. The monoisotopic (exact) mass is 256 g/mol. The summed E-state index contributed by atoms with van der Waals surface area (Å²) < 4.78 is 23.6. The molecule has 1 aliphatic heterocycles. The first-order valence-electron chi connectivity index (χ1n) is 6.84. The first-order chi connectivity index (χ1) is 8.84. The van der Waals surface area contributed by atoms with Gasteiger partial charge >= 0.3 is 0 Å². The second-order valence-electron chi connectivity index (χ2n) is 3.39. The van der Waals surface area contributed by atoms with Crippen LogP contribution in [0.5, 0.6) is 5.75 Å². The topological polar surface area (TPSA) is 18.5 Å². The molecule has 1 heterocycles. The van der Waals surface area contributed by atoms with Gasteiger partial charge in [0.15, 0.2) is 0 Å². The minimum Gasteiger partial charge on any atom is -0.490 e. The van der Waals surface area contributed by atoms with Gasteiger partial charge in [0.1, 0.15) is 17.7 Å². The summed E-state index contributed by atoms with van der Waals surface area (Å²) in [7, 11) is 0. The Labute approximate surface area is 110 Å². The molecule has 1 aromatic rings. The van der Waals surface area contributed by atoms with Crippen LogP contribution in [-0.2, 0) is 4.74 Å². The second-order valence-corrected chi connectivity index (χ2v) is 3.39. The van der Waals surface area contributed by atoms with E-state index in [1.54, 1.807) is 12.1 Å². The van der Waals surface area contributed by atoms with E-state index in [0.717, 1.165) is 26.1 Å². The van der Waals surface area contributed by atoms with E-state index in [2.05, 4.69) is 0 Å². The van der Waals surface area contributed by atoms with Crippen molar-refractivity contribution in [1.82, 2.24) is 0 Å². The van der Waals surface area contributed by atoms with Crippen LogP contribution < -0.4 is 4.74 Å². The van der Waals surface area contributed by atoms with E-state index < -0.39 is 0 Å². The molecule has 2 nitrogen and oxygen atoms in total. The van der Waals surface area contributed by atoms with Crippen molar-refractivity contribution in [2.45, 2.75) is 46.6 Å². The van der Waals surface area contributed by atoms with E-state index in [1.807, 2.05) is 27.7 Å². The highest BCUT2D eigenvalue weighted by atomic mass is 19.1. The summed E-state index contributed by atoms with van der Waals surface area (Å²) >= 11 is 0. The molecule has 1 saturated heterocycles. The van der Waals surface area contributed by atoms with Crippen LogP contribution in [0.2, 0.25) is 0 Å². The maximum absolute atomic E-state index is 12.8. The number of hydrogen-bond donors (Lipinski definition) is 0. The van der Waals surface area contributed by atoms with Crippen LogP contribution in [0.1, 0.15) is 40.5 Å². The fraction of sp³-hybridized carbons (Fsp3) is 0.600. The van der Waals surface area contributed by atoms with Crippen LogP contribution in [-0.4, -0.2) is 19.3 Å². The van der Waals surface area contributed by atoms with Crippen LogP contribution >= 0.6 is 0 Å². The highest BCUT2D eigenvalue weighted by Crippen LogP contribution is 2.18. The van der Waals surface area contributed by atoms with Crippen LogP contribution in [0.25, 0.3) is 0 Å². The zero-order valence-corrected chi connectivity index (χ0v) is 11.9. The third-order valence-corrected chi connectivity index (χ3v) is 2.27. The van der Waals surface area contributed by atoms with Crippen molar-refractivity contribution in [3.63, 3.8) is 0 Å². The molecule has 2 rings (SSSR count). The molecule has 1 fully saturated rings. The fourth-order valence-electron chi connectivity index (χ4n) is 1.53. The first-order valence-corrected chi connectivity index (χ1v) is 6.84. The Morgan fingerprint density at radius 2 is 1.72 bits per heavy atom. The Bertz CT molecular complexity index is 296. The largest absolute Gasteiger partial charge is 0.490 e. The van der Waals surface area contributed by atoms with Crippen molar-refractivity contribution >= 4 is 0 Å². The zero-order valence-electron chi connectivity index (χ0n) is 11.9. The summed E-state index contributed by atoms with van der Waals surface area (Å²) in [5.41, 5.74) is 0. The molecule has 0 aliphatic carbocycles. The Morgan fingerprint density at radius 1 is 1.11 bits per heavy atom. The number of ether oxygens (including phenoxy) is 2. The Balaban J connectivity index is 0.000000659. The van der Waals surface area contributed by atoms with E-state index in [-0.39, 0.29) is 11.9 Å². The van der Waals surface area contributed by atoms with Crippen LogP contribution in [0.3, 0.4) is 0 Å². The number of halogens is 1. The molecule has 0 spiro atoms. The molecule has 0 aromatic heterocycles. The van der Waals surface area contributed by atoms with Crippen molar-refractivity contribution in [2.75, 3.05) is 13.2 Å². The quantitative estimate of drug-likeness (QED) is 0.779. The molecular formula is C15H25FO2. The van der Waals surface area contributed by atoms with Gasteiger partial charge in [0.05, 0.1) is 13.2 Å². The maximum Gasteiger partial charge on any atom is 0.126 e. The van der Waals surface area contributed by atoms with Crippen molar-refractivity contribution in [3.8, 4) is 5.75 Å².